The van der Waals surface area contributed by atoms with E-state index in [4.69, 9.17) is 0 Å². The first kappa shape index (κ1) is 12.1. The van der Waals surface area contributed by atoms with Crippen LogP contribution in [0.4, 0.5) is 0 Å². The molecule has 96 valence electrons. The molecule has 0 spiro atoms. The summed E-state index contributed by atoms with van der Waals surface area (Å²) in [5, 5.41) is 9.91. The molecule has 3 nitrogen and oxygen atoms in total. The second kappa shape index (κ2) is 5.38. The average molecular weight is 269 g/mol. The summed E-state index contributed by atoms with van der Waals surface area (Å²) in [4.78, 5) is 1.29. The molecule has 0 amide bonds. The molecule has 1 atom stereocenters. The van der Waals surface area contributed by atoms with Gasteiger partial charge in [0.1, 0.15) is 0 Å². The van der Waals surface area contributed by atoms with Gasteiger partial charge in [-0.25, -0.2) is 4.68 Å². The number of nitrogens with zero attached hydrogens (tertiary/aromatic N) is 2. The molecule has 2 heterocycles. The highest BCUT2D eigenvalue weighted by atomic mass is 32.1. The number of thiophene rings is 1. The SMILES string of the molecule is CNC(c1cccs1)c1ccnn1-c1ccccc1. The summed E-state index contributed by atoms with van der Waals surface area (Å²) >= 11 is 1.75. The van der Waals surface area contributed by atoms with Crippen molar-refractivity contribution in [2.45, 2.75) is 6.04 Å². The molecule has 3 aromatic rings. The third-order valence-electron chi connectivity index (χ3n) is 3.08. The summed E-state index contributed by atoms with van der Waals surface area (Å²) < 4.78 is 1.99. The van der Waals surface area contributed by atoms with E-state index in [1.807, 2.05) is 36.1 Å². The Balaban J connectivity index is 2.04. The number of aromatic nitrogens is 2. The molecule has 2 aromatic heterocycles. The third-order valence-corrected chi connectivity index (χ3v) is 4.02. The summed E-state index contributed by atoms with van der Waals surface area (Å²) in [5.41, 5.74) is 2.23. The van der Waals surface area contributed by atoms with Crippen molar-refractivity contribution < 1.29 is 0 Å². The van der Waals surface area contributed by atoms with Crippen LogP contribution in [0.3, 0.4) is 0 Å². The largest absolute Gasteiger partial charge is 0.307 e. The second-order valence-electron chi connectivity index (χ2n) is 4.24. The van der Waals surface area contributed by atoms with Gasteiger partial charge in [-0.3, -0.25) is 0 Å². The maximum Gasteiger partial charge on any atom is 0.0844 e. The van der Waals surface area contributed by atoms with E-state index in [2.05, 4.69) is 46.1 Å². The van der Waals surface area contributed by atoms with Gasteiger partial charge in [-0.1, -0.05) is 24.3 Å². The predicted octanol–water partition coefficient (Wildman–Crippen LogP) is 3.24. The van der Waals surface area contributed by atoms with E-state index in [0.29, 0.717) is 0 Å². The lowest BCUT2D eigenvalue weighted by Crippen LogP contribution is -2.20. The molecule has 0 radical (unpaired) electrons. The van der Waals surface area contributed by atoms with Crippen LogP contribution in [0, 0.1) is 0 Å². The number of hydrogen-bond acceptors (Lipinski definition) is 3. The maximum absolute atomic E-state index is 4.45. The lowest BCUT2D eigenvalue weighted by atomic mass is 10.1. The minimum Gasteiger partial charge on any atom is -0.307 e. The Labute approximate surface area is 116 Å². The predicted molar refractivity (Wildman–Crippen MR) is 78.8 cm³/mol. The van der Waals surface area contributed by atoms with Crippen molar-refractivity contribution >= 4 is 11.3 Å². The first-order chi connectivity index (χ1) is 9.40. The van der Waals surface area contributed by atoms with Crippen LogP contribution < -0.4 is 5.32 Å². The van der Waals surface area contributed by atoms with Crippen LogP contribution in [-0.4, -0.2) is 16.8 Å². The molecule has 19 heavy (non-hydrogen) atoms. The van der Waals surface area contributed by atoms with E-state index in [1.54, 1.807) is 11.3 Å². The Morgan fingerprint density at radius 2 is 1.95 bits per heavy atom. The zero-order chi connectivity index (χ0) is 13.1. The van der Waals surface area contributed by atoms with Crippen LogP contribution in [-0.2, 0) is 0 Å². The van der Waals surface area contributed by atoms with Crippen LogP contribution in [0.5, 0.6) is 0 Å². The molecule has 1 N–H and O–H groups in total. The zero-order valence-corrected chi connectivity index (χ0v) is 11.5. The van der Waals surface area contributed by atoms with Crippen LogP contribution in [0.15, 0.2) is 60.1 Å². The molecule has 0 saturated carbocycles. The Hall–Kier alpha value is -1.91. The standard InChI is InChI=1S/C15H15N3S/c1-16-15(14-8-5-11-19-14)13-9-10-17-18(13)12-6-3-2-4-7-12/h2-11,15-16H,1H3. The van der Waals surface area contributed by atoms with Gasteiger partial charge in [0.2, 0.25) is 0 Å². The van der Waals surface area contributed by atoms with Crippen molar-refractivity contribution in [2.75, 3.05) is 7.05 Å². The number of benzene rings is 1. The Morgan fingerprint density at radius 1 is 1.11 bits per heavy atom. The molecular weight excluding hydrogens is 254 g/mol. The fraction of sp³-hybridized carbons (Fsp3) is 0.133. The van der Waals surface area contributed by atoms with Crippen LogP contribution >= 0.6 is 11.3 Å². The first-order valence-corrected chi connectivity index (χ1v) is 7.08. The fourth-order valence-electron chi connectivity index (χ4n) is 2.21. The van der Waals surface area contributed by atoms with Crippen molar-refractivity contribution in [3.8, 4) is 5.69 Å². The third kappa shape index (κ3) is 2.32. The van der Waals surface area contributed by atoms with Gasteiger partial charge in [-0.15, -0.1) is 11.3 Å². The molecule has 4 heteroatoms. The van der Waals surface area contributed by atoms with Gasteiger partial charge in [-0.05, 0) is 36.7 Å². The van der Waals surface area contributed by atoms with E-state index >= 15 is 0 Å². The molecule has 0 bridgehead atoms. The summed E-state index contributed by atoms with van der Waals surface area (Å²) in [6.07, 6.45) is 1.85. The maximum atomic E-state index is 4.45. The average Bonchev–Trinajstić information content (AvgIpc) is 3.12. The summed E-state index contributed by atoms with van der Waals surface area (Å²) in [6.45, 7) is 0. The van der Waals surface area contributed by atoms with Gasteiger partial charge in [0, 0.05) is 11.1 Å². The first-order valence-electron chi connectivity index (χ1n) is 6.20. The highest BCUT2D eigenvalue weighted by Gasteiger charge is 2.18. The molecule has 0 saturated heterocycles. The molecule has 1 unspecified atom stereocenters. The van der Waals surface area contributed by atoms with Crippen molar-refractivity contribution in [1.82, 2.24) is 15.1 Å². The minimum absolute atomic E-state index is 0.169. The number of hydrogen-bond donors (Lipinski definition) is 1. The van der Waals surface area contributed by atoms with Crippen LogP contribution in [0.2, 0.25) is 0 Å². The monoisotopic (exact) mass is 269 g/mol. The molecular formula is C15H15N3S. The van der Waals surface area contributed by atoms with Gasteiger partial charge < -0.3 is 5.32 Å². The van der Waals surface area contributed by atoms with Crippen molar-refractivity contribution in [1.29, 1.82) is 0 Å². The quantitative estimate of drug-likeness (QED) is 0.788. The van der Waals surface area contributed by atoms with Gasteiger partial charge in [0.15, 0.2) is 0 Å². The van der Waals surface area contributed by atoms with Gasteiger partial charge in [-0.2, -0.15) is 5.10 Å². The number of rotatable bonds is 4. The Morgan fingerprint density at radius 3 is 2.63 bits per heavy atom. The normalized spacial score (nSPS) is 12.5. The van der Waals surface area contributed by atoms with E-state index < -0.39 is 0 Å². The van der Waals surface area contributed by atoms with Gasteiger partial charge in [0.25, 0.3) is 0 Å². The zero-order valence-electron chi connectivity index (χ0n) is 10.7. The van der Waals surface area contributed by atoms with Gasteiger partial charge >= 0.3 is 0 Å². The second-order valence-corrected chi connectivity index (χ2v) is 5.22. The molecule has 0 aliphatic heterocycles. The highest BCUT2D eigenvalue weighted by molar-refractivity contribution is 7.10. The topological polar surface area (TPSA) is 29.9 Å². The minimum atomic E-state index is 0.169. The van der Waals surface area contributed by atoms with E-state index in [0.717, 1.165) is 11.4 Å². The smallest absolute Gasteiger partial charge is 0.0844 e. The van der Waals surface area contributed by atoms with E-state index in [1.165, 1.54) is 4.88 Å². The Bertz CT molecular complexity index is 628. The van der Waals surface area contributed by atoms with Crippen LogP contribution in [0.25, 0.3) is 5.69 Å². The fourth-order valence-corrected chi connectivity index (χ4v) is 3.05. The molecule has 0 aliphatic carbocycles. The lowest BCUT2D eigenvalue weighted by Gasteiger charge is -2.16. The molecule has 0 aliphatic rings. The number of para-hydroxylation sites is 1. The van der Waals surface area contributed by atoms with Crippen molar-refractivity contribution in [3.63, 3.8) is 0 Å². The van der Waals surface area contributed by atoms with E-state index in [9.17, 15) is 0 Å². The molecule has 0 fully saturated rings. The molecule has 3 rings (SSSR count). The van der Waals surface area contributed by atoms with Crippen molar-refractivity contribution in [2.24, 2.45) is 0 Å². The lowest BCUT2D eigenvalue weighted by molar-refractivity contribution is 0.646. The highest BCUT2D eigenvalue weighted by Crippen LogP contribution is 2.26. The van der Waals surface area contributed by atoms with E-state index in [-0.39, 0.29) is 6.04 Å². The van der Waals surface area contributed by atoms with Crippen LogP contribution in [0.1, 0.15) is 16.6 Å². The summed E-state index contributed by atoms with van der Waals surface area (Å²) in [7, 11) is 1.98. The van der Waals surface area contributed by atoms with Gasteiger partial charge in [0.05, 0.1) is 17.4 Å². The summed E-state index contributed by atoms with van der Waals surface area (Å²) in [5.74, 6) is 0. The number of nitrogens with one attached hydrogen (secondary N) is 1. The molecule has 1 aromatic carbocycles. The van der Waals surface area contributed by atoms with Crippen molar-refractivity contribution in [3.05, 3.63) is 70.7 Å². The summed E-state index contributed by atoms with van der Waals surface area (Å²) in [6, 6.07) is 16.7. The Kier molecular flexibility index (Phi) is 3.44.